The van der Waals surface area contributed by atoms with Crippen molar-refractivity contribution in [2.75, 3.05) is 20.8 Å². The molecule has 0 saturated heterocycles. The molecule has 0 spiro atoms. The van der Waals surface area contributed by atoms with Gasteiger partial charge in [-0.25, -0.2) is 0 Å². The summed E-state index contributed by atoms with van der Waals surface area (Å²) < 4.78 is 16.5. The van der Waals surface area contributed by atoms with Crippen LogP contribution in [0.4, 0.5) is 0 Å². The second kappa shape index (κ2) is 8.84. The lowest BCUT2D eigenvalue weighted by molar-refractivity contribution is -0.122. The SMILES string of the molecule is CCOc1ccccc1C1CC(=O)NC2=C1C(=O)CC(c1ccc(OC)c(OC)c1)C2. The maximum atomic E-state index is 13.3. The molecular formula is C25H27NO5. The zero-order valence-electron chi connectivity index (χ0n) is 18.1. The normalized spacial score (nSPS) is 20.7. The molecule has 1 N–H and O–H groups in total. The number of rotatable bonds is 6. The monoisotopic (exact) mass is 421 g/mol. The van der Waals surface area contributed by atoms with E-state index in [1.54, 1.807) is 14.2 Å². The lowest BCUT2D eigenvalue weighted by atomic mass is 9.73. The topological polar surface area (TPSA) is 73.9 Å². The second-order valence-corrected chi connectivity index (χ2v) is 7.81. The Morgan fingerprint density at radius 3 is 2.45 bits per heavy atom. The molecule has 0 radical (unpaired) electrons. The average Bonchev–Trinajstić information content (AvgIpc) is 2.78. The van der Waals surface area contributed by atoms with Crippen LogP contribution in [0.15, 0.2) is 53.7 Å². The van der Waals surface area contributed by atoms with Crippen molar-refractivity contribution in [3.63, 3.8) is 0 Å². The minimum atomic E-state index is -0.287. The molecule has 31 heavy (non-hydrogen) atoms. The van der Waals surface area contributed by atoms with Crippen molar-refractivity contribution in [2.45, 2.75) is 38.0 Å². The standard InChI is InChI=1S/C25H27NO5/c1-4-31-21-8-6-5-7-17(21)18-14-24(28)26-19-11-16(12-20(27)25(18)19)15-9-10-22(29-2)23(13-15)30-3/h5-10,13,16,18H,4,11-12,14H2,1-3H3,(H,26,28). The summed E-state index contributed by atoms with van der Waals surface area (Å²) in [5.41, 5.74) is 3.32. The highest BCUT2D eigenvalue weighted by atomic mass is 16.5. The summed E-state index contributed by atoms with van der Waals surface area (Å²) in [5.74, 6) is 1.67. The average molecular weight is 421 g/mol. The number of benzene rings is 2. The van der Waals surface area contributed by atoms with Gasteiger partial charge < -0.3 is 19.5 Å². The van der Waals surface area contributed by atoms with Crippen LogP contribution in [0, 0.1) is 0 Å². The van der Waals surface area contributed by atoms with Crippen molar-refractivity contribution in [1.29, 1.82) is 0 Å². The molecule has 0 bridgehead atoms. The first-order valence-electron chi connectivity index (χ1n) is 10.5. The van der Waals surface area contributed by atoms with Crippen molar-refractivity contribution in [3.8, 4) is 17.2 Å². The minimum Gasteiger partial charge on any atom is -0.494 e. The first-order chi connectivity index (χ1) is 15.0. The molecular weight excluding hydrogens is 394 g/mol. The van der Waals surface area contributed by atoms with Crippen molar-refractivity contribution in [1.82, 2.24) is 5.32 Å². The van der Waals surface area contributed by atoms with Gasteiger partial charge in [-0.1, -0.05) is 24.3 Å². The van der Waals surface area contributed by atoms with Crippen LogP contribution in [-0.2, 0) is 9.59 Å². The van der Waals surface area contributed by atoms with E-state index < -0.39 is 0 Å². The highest BCUT2D eigenvalue weighted by Gasteiger charge is 2.39. The number of hydrogen-bond acceptors (Lipinski definition) is 5. The molecule has 2 aromatic rings. The van der Waals surface area contributed by atoms with Gasteiger partial charge in [-0.3, -0.25) is 9.59 Å². The van der Waals surface area contributed by atoms with Crippen LogP contribution < -0.4 is 19.5 Å². The molecule has 2 aliphatic rings. The summed E-state index contributed by atoms with van der Waals surface area (Å²) in [5, 5.41) is 2.97. The van der Waals surface area contributed by atoms with Gasteiger partial charge in [-0.15, -0.1) is 0 Å². The third-order valence-electron chi connectivity index (χ3n) is 6.01. The number of hydrogen-bond donors (Lipinski definition) is 1. The minimum absolute atomic E-state index is 0.0350. The highest BCUT2D eigenvalue weighted by Crippen LogP contribution is 2.45. The lowest BCUT2D eigenvalue weighted by Gasteiger charge is -2.35. The third-order valence-corrected chi connectivity index (χ3v) is 6.01. The molecule has 4 rings (SSSR count). The largest absolute Gasteiger partial charge is 0.494 e. The fraction of sp³-hybridized carbons (Fsp3) is 0.360. The number of ether oxygens (including phenoxy) is 3. The number of Topliss-reactive ketones (excluding diaryl/α,β-unsaturated/α-hetero) is 1. The van der Waals surface area contributed by atoms with E-state index in [2.05, 4.69) is 5.32 Å². The van der Waals surface area contributed by atoms with Gasteiger partial charge in [0.2, 0.25) is 5.91 Å². The molecule has 2 unspecified atom stereocenters. The fourth-order valence-electron chi connectivity index (χ4n) is 4.62. The fourth-order valence-corrected chi connectivity index (χ4v) is 4.62. The molecule has 1 amide bonds. The van der Waals surface area contributed by atoms with E-state index in [0.29, 0.717) is 36.5 Å². The number of methoxy groups -OCH3 is 2. The van der Waals surface area contributed by atoms with Gasteiger partial charge >= 0.3 is 0 Å². The van der Waals surface area contributed by atoms with Crippen molar-refractivity contribution in [2.24, 2.45) is 0 Å². The zero-order chi connectivity index (χ0) is 22.0. The van der Waals surface area contributed by atoms with Gasteiger partial charge in [0.25, 0.3) is 0 Å². The molecule has 0 saturated carbocycles. The molecule has 162 valence electrons. The highest BCUT2D eigenvalue weighted by molar-refractivity contribution is 6.02. The van der Waals surface area contributed by atoms with E-state index in [0.717, 1.165) is 22.6 Å². The van der Waals surface area contributed by atoms with Gasteiger partial charge in [0, 0.05) is 35.6 Å². The Morgan fingerprint density at radius 1 is 0.935 bits per heavy atom. The van der Waals surface area contributed by atoms with E-state index in [9.17, 15) is 9.59 Å². The van der Waals surface area contributed by atoms with E-state index in [-0.39, 0.29) is 29.9 Å². The molecule has 1 aliphatic carbocycles. The lowest BCUT2D eigenvalue weighted by Crippen LogP contribution is -2.38. The second-order valence-electron chi connectivity index (χ2n) is 7.81. The van der Waals surface area contributed by atoms with Crippen molar-refractivity contribution in [3.05, 3.63) is 64.9 Å². The van der Waals surface area contributed by atoms with Crippen LogP contribution >= 0.6 is 0 Å². The van der Waals surface area contributed by atoms with E-state index in [1.165, 1.54) is 0 Å². The number of allylic oxidation sites excluding steroid dienone is 2. The molecule has 6 nitrogen and oxygen atoms in total. The quantitative estimate of drug-likeness (QED) is 0.760. The molecule has 2 atom stereocenters. The summed E-state index contributed by atoms with van der Waals surface area (Å²) in [6.07, 6.45) is 1.22. The molecule has 0 aromatic heterocycles. The van der Waals surface area contributed by atoms with Crippen molar-refractivity contribution < 1.29 is 23.8 Å². The van der Waals surface area contributed by atoms with Crippen LogP contribution in [0.1, 0.15) is 49.1 Å². The maximum absolute atomic E-state index is 13.3. The number of carbonyl (C=O) groups excluding carboxylic acids is 2. The van der Waals surface area contributed by atoms with Crippen LogP contribution in [0.2, 0.25) is 0 Å². The first-order valence-corrected chi connectivity index (χ1v) is 10.5. The molecule has 6 heteroatoms. The molecule has 1 aliphatic heterocycles. The van der Waals surface area contributed by atoms with Crippen molar-refractivity contribution >= 4 is 11.7 Å². The van der Waals surface area contributed by atoms with E-state index >= 15 is 0 Å². The van der Waals surface area contributed by atoms with E-state index in [1.807, 2.05) is 49.4 Å². The molecule has 1 heterocycles. The number of ketones is 1. The van der Waals surface area contributed by atoms with Gasteiger partial charge in [0.1, 0.15) is 5.75 Å². The smallest absolute Gasteiger partial charge is 0.225 e. The Bertz CT molecular complexity index is 1040. The Morgan fingerprint density at radius 2 is 1.71 bits per heavy atom. The zero-order valence-corrected chi connectivity index (χ0v) is 18.1. The summed E-state index contributed by atoms with van der Waals surface area (Å²) in [4.78, 5) is 25.9. The summed E-state index contributed by atoms with van der Waals surface area (Å²) in [6.45, 7) is 2.45. The van der Waals surface area contributed by atoms with Gasteiger partial charge in [0.05, 0.1) is 20.8 Å². The summed E-state index contributed by atoms with van der Waals surface area (Å²) in [7, 11) is 3.19. The number of carbonyl (C=O) groups is 2. The Hall–Kier alpha value is -3.28. The number of amides is 1. The predicted octanol–water partition coefficient (Wildman–Crippen LogP) is 4.11. The third kappa shape index (κ3) is 4.02. The van der Waals surface area contributed by atoms with Gasteiger partial charge in [-0.05, 0) is 43.0 Å². The van der Waals surface area contributed by atoms with Crippen LogP contribution in [-0.4, -0.2) is 32.5 Å². The molecule has 0 fully saturated rings. The van der Waals surface area contributed by atoms with Crippen LogP contribution in [0.3, 0.4) is 0 Å². The van der Waals surface area contributed by atoms with Crippen LogP contribution in [0.25, 0.3) is 0 Å². The Labute approximate surface area is 182 Å². The predicted molar refractivity (Wildman–Crippen MR) is 117 cm³/mol. The Balaban J connectivity index is 1.70. The first kappa shape index (κ1) is 21.0. The van der Waals surface area contributed by atoms with Gasteiger partial charge in [-0.2, -0.15) is 0 Å². The summed E-state index contributed by atoms with van der Waals surface area (Å²) >= 11 is 0. The van der Waals surface area contributed by atoms with Gasteiger partial charge in [0.15, 0.2) is 17.3 Å². The Kier molecular flexibility index (Phi) is 5.98. The summed E-state index contributed by atoms with van der Waals surface area (Å²) in [6, 6.07) is 13.4. The van der Waals surface area contributed by atoms with E-state index in [4.69, 9.17) is 14.2 Å². The number of nitrogens with one attached hydrogen (secondary N) is 1. The maximum Gasteiger partial charge on any atom is 0.225 e. The van der Waals surface area contributed by atoms with Crippen LogP contribution in [0.5, 0.6) is 17.2 Å². The molecule has 2 aromatic carbocycles. The number of para-hydroxylation sites is 1.